The SMILES string of the molecule is C.CBr.CC(=O)CCCCCN1/C(=C/C=C2C=C(/C=C/C3=[N+](CCCCCC(C)=O)c4ccc5ccccc5c4C3(C)C)CCC/2)C(C)(C)c2c1ccc1ccccc21. The minimum atomic E-state index is -0.146. The van der Waals surface area contributed by atoms with Crippen molar-refractivity contribution in [3.63, 3.8) is 0 Å². The van der Waals surface area contributed by atoms with Gasteiger partial charge in [-0.15, -0.1) is 0 Å². The van der Waals surface area contributed by atoms with Gasteiger partial charge in [0.05, 0.1) is 5.41 Å². The quantitative estimate of drug-likeness (QED) is 0.0679. The Morgan fingerprint density at radius 2 is 1.31 bits per heavy atom. The van der Waals surface area contributed by atoms with Crippen molar-refractivity contribution in [3.05, 3.63) is 131 Å². The van der Waals surface area contributed by atoms with Gasteiger partial charge >= 0.3 is 0 Å². The summed E-state index contributed by atoms with van der Waals surface area (Å²) in [6, 6.07) is 26.8. The Bertz CT molecular complexity index is 2320. The molecule has 0 N–H and O–H groups in total. The maximum absolute atomic E-state index is 11.6. The normalized spacial score (nSPS) is 17.9. The number of unbranched alkanes of at least 4 members (excludes halogenated alkanes) is 4. The van der Waals surface area contributed by atoms with Crippen molar-refractivity contribution in [3.8, 4) is 0 Å². The van der Waals surface area contributed by atoms with Gasteiger partial charge in [0, 0.05) is 60.3 Å². The Labute approximate surface area is 364 Å². The van der Waals surface area contributed by atoms with Crippen molar-refractivity contribution in [2.24, 2.45) is 0 Å². The van der Waals surface area contributed by atoms with Crippen LogP contribution in [0.4, 0.5) is 11.4 Å². The van der Waals surface area contributed by atoms with Gasteiger partial charge in [0.15, 0.2) is 5.71 Å². The fourth-order valence-corrected chi connectivity index (χ4v) is 9.71. The van der Waals surface area contributed by atoms with Crippen molar-refractivity contribution >= 4 is 66.1 Å². The highest BCUT2D eigenvalue weighted by Crippen LogP contribution is 2.51. The van der Waals surface area contributed by atoms with Crippen molar-refractivity contribution in [2.75, 3.05) is 23.8 Å². The number of allylic oxidation sites excluding steroid dienone is 8. The van der Waals surface area contributed by atoms with Crippen LogP contribution in [-0.2, 0) is 20.4 Å². The second-order valence-electron chi connectivity index (χ2n) is 17.5. The molecule has 0 bridgehead atoms. The van der Waals surface area contributed by atoms with Crippen LogP contribution in [0.2, 0.25) is 0 Å². The van der Waals surface area contributed by atoms with E-state index in [0.717, 1.165) is 70.9 Å². The fraction of sp³-hybridized carbons (Fsp3) is 0.426. The van der Waals surface area contributed by atoms with Crippen LogP contribution in [0.1, 0.15) is 131 Å². The number of anilines is 1. The molecule has 7 rings (SSSR count). The van der Waals surface area contributed by atoms with E-state index < -0.39 is 0 Å². The van der Waals surface area contributed by atoms with Gasteiger partial charge in [-0.2, -0.15) is 4.58 Å². The summed E-state index contributed by atoms with van der Waals surface area (Å²) in [5.74, 6) is 2.38. The molecule has 2 heterocycles. The van der Waals surface area contributed by atoms with E-state index in [0.29, 0.717) is 12.8 Å². The van der Waals surface area contributed by atoms with E-state index in [1.54, 1.807) is 13.8 Å². The number of carbonyl (C=O) groups is 2. The molecule has 0 spiro atoms. The molecule has 0 saturated heterocycles. The van der Waals surface area contributed by atoms with Crippen LogP contribution in [0.25, 0.3) is 21.5 Å². The topological polar surface area (TPSA) is 40.4 Å². The van der Waals surface area contributed by atoms with E-state index in [9.17, 15) is 9.59 Å². The number of nitrogens with zero attached hydrogens (tertiary/aromatic N) is 2. The standard InChI is InChI=1S/C52H61N2O2.CH3Br.CH4/c1-37(55)18-9-7-15-34-53-45-30-28-41-22-11-13-24-43(41)49(45)51(3,4)47(53)32-26-39-20-17-21-40(36-39)27-33-48-52(5,6)50-44-25-14-12-23-42(44)29-31-46(50)54(48)35-16-8-10-19-38(2)56;1-2;/h11-14,22-33,36H,7-10,15-21,34-35H2,1-6H3;1H3;1H4/q+1;;. The molecule has 0 amide bonds. The molecular formula is C54H68BrN2O2+. The lowest BCUT2D eigenvalue weighted by molar-refractivity contribution is -0.438. The minimum Gasteiger partial charge on any atom is -0.344 e. The third-order valence-corrected chi connectivity index (χ3v) is 12.5. The Hall–Kier alpha value is -4.35. The zero-order chi connectivity index (χ0) is 41.5. The molecule has 0 aromatic heterocycles. The summed E-state index contributed by atoms with van der Waals surface area (Å²) in [4.78, 5) is 25.8. The Balaban J connectivity index is 0.00000217. The van der Waals surface area contributed by atoms with Gasteiger partial charge < -0.3 is 14.5 Å². The predicted molar refractivity (Wildman–Crippen MR) is 258 cm³/mol. The molecule has 0 fully saturated rings. The summed E-state index contributed by atoms with van der Waals surface area (Å²) in [6.45, 7) is 14.9. The van der Waals surface area contributed by atoms with E-state index in [4.69, 9.17) is 0 Å². The number of halogens is 1. The summed E-state index contributed by atoms with van der Waals surface area (Å²) < 4.78 is 2.56. The fourth-order valence-electron chi connectivity index (χ4n) is 9.71. The molecule has 312 valence electrons. The van der Waals surface area contributed by atoms with E-state index >= 15 is 0 Å². The first-order valence-electron chi connectivity index (χ1n) is 21.6. The molecule has 0 unspecified atom stereocenters. The van der Waals surface area contributed by atoms with Gasteiger partial charge in [0.25, 0.3) is 0 Å². The molecule has 4 aromatic carbocycles. The van der Waals surface area contributed by atoms with Crippen molar-refractivity contribution < 1.29 is 14.2 Å². The van der Waals surface area contributed by atoms with Crippen molar-refractivity contribution in [1.82, 2.24) is 0 Å². The average molecular weight is 857 g/mol. The largest absolute Gasteiger partial charge is 0.344 e. The van der Waals surface area contributed by atoms with Crippen LogP contribution in [0.15, 0.2) is 120 Å². The second kappa shape index (κ2) is 20.3. The Kier molecular flexibility index (Phi) is 15.7. The van der Waals surface area contributed by atoms with Gasteiger partial charge in [0.1, 0.15) is 18.1 Å². The second-order valence-corrected chi connectivity index (χ2v) is 17.5. The summed E-state index contributed by atoms with van der Waals surface area (Å²) >= 11 is 2.94. The summed E-state index contributed by atoms with van der Waals surface area (Å²) in [6.07, 6.45) is 22.8. The summed E-state index contributed by atoms with van der Waals surface area (Å²) in [5.41, 5.74) is 10.7. The van der Waals surface area contributed by atoms with Crippen LogP contribution in [0.5, 0.6) is 0 Å². The summed E-state index contributed by atoms with van der Waals surface area (Å²) in [5, 5.41) is 5.26. The van der Waals surface area contributed by atoms with Crippen LogP contribution < -0.4 is 4.90 Å². The number of carbonyl (C=O) groups excluding carboxylic acids is 2. The lowest BCUT2D eigenvalue weighted by Crippen LogP contribution is -2.28. The van der Waals surface area contributed by atoms with Crippen LogP contribution in [0.3, 0.4) is 0 Å². The van der Waals surface area contributed by atoms with Gasteiger partial charge in [0.2, 0.25) is 5.69 Å². The maximum atomic E-state index is 11.6. The molecule has 2 aliphatic heterocycles. The maximum Gasteiger partial charge on any atom is 0.210 e. The molecular weight excluding hydrogens is 789 g/mol. The first-order chi connectivity index (χ1) is 28.0. The highest BCUT2D eigenvalue weighted by atomic mass is 79.9. The number of hydrogen-bond donors (Lipinski definition) is 0. The average Bonchev–Trinajstić information content (AvgIpc) is 3.57. The van der Waals surface area contributed by atoms with E-state index in [1.165, 1.54) is 66.6 Å². The Morgan fingerprint density at radius 3 is 1.97 bits per heavy atom. The Morgan fingerprint density at radius 1 is 0.695 bits per heavy atom. The molecule has 4 nitrogen and oxygen atoms in total. The van der Waals surface area contributed by atoms with Crippen molar-refractivity contribution in [1.29, 1.82) is 0 Å². The van der Waals surface area contributed by atoms with Crippen molar-refractivity contribution in [2.45, 2.75) is 130 Å². The number of Topliss-reactive ketones (excluding diaryl/α,β-unsaturated/α-hetero) is 2. The monoisotopic (exact) mass is 855 g/mol. The number of benzene rings is 4. The van der Waals surface area contributed by atoms with E-state index in [1.807, 2.05) is 5.83 Å². The lowest BCUT2D eigenvalue weighted by atomic mass is 9.79. The van der Waals surface area contributed by atoms with Gasteiger partial charge in [-0.05, 0) is 135 Å². The molecule has 59 heavy (non-hydrogen) atoms. The molecule has 0 saturated carbocycles. The molecule has 0 radical (unpaired) electrons. The van der Waals surface area contributed by atoms with E-state index in [2.05, 4.69) is 156 Å². The molecule has 0 atom stereocenters. The smallest absolute Gasteiger partial charge is 0.210 e. The van der Waals surface area contributed by atoms with Gasteiger partial charge in [-0.1, -0.05) is 116 Å². The number of ketones is 2. The number of hydrogen-bond acceptors (Lipinski definition) is 3. The minimum absolute atomic E-state index is 0. The lowest BCUT2D eigenvalue weighted by Gasteiger charge is -2.27. The molecule has 4 aromatic rings. The summed E-state index contributed by atoms with van der Waals surface area (Å²) in [7, 11) is 0. The zero-order valence-electron chi connectivity index (χ0n) is 36.1. The third kappa shape index (κ3) is 10.00. The highest BCUT2D eigenvalue weighted by Gasteiger charge is 2.45. The van der Waals surface area contributed by atoms with Crippen LogP contribution >= 0.6 is 15.9 Å². The molecule has 3 aliphatic rings. The number of fused-ring (bicyclic) bond motifs is 6. The zero-order valence-corrected chi connectivity index (χ0v) is 37.7. The highest BCUT2D eigenvalue weighted by molar-refractivity contribution is 9.08. The first kappa shape index (κ1) is 45.7. The molecule has 1 aliphatic carbocycles. The third-order valence-electron chi connectivity index (χ3n) is 12.5. The first-order valence-corrected chi connectivity index (χ1v) is 23.2. The number of alkyl halides is 1. The van der Waals surface area contributed by atoms with Crippen LogP contribution in [-0.4, -0.2) is 40.8 Å². The van der Waals surface area contributed by atoms with Gasteiger partial charge in [-0.3, -0.25) is 0 Å². The molecule has 5 heteroatoms. The van der Waals surface area contributed by atoms with Crippen LogP contribution in [0, 0.1) is 0 Å². The van der Waals surface area contributed by atoms with Gasteiger partial charge in [-0.25, -0.2) is 0 Å². The number of rotatable bonds is 15. The predicted octanol–water partition coefficient (Wildman–Crippen LogP) is 14.6. The van der Waals surface area contributed by atoms with E-state index in [-0.39, 0.29) is 29.8 Å².